The number of hydrogen-bond acceptors (Lipinski definition) is 2. The minimum absolute atomic E-state index is 0.0944. The fourth-order valence-electron chi connectivity index (χ4n) is 3.90. The highest BCUT2D eigenvalue weighted by atomic mass is 16.1. The summed E-state index contributed by atoms with van der Waals surface area (Å²) in [7, 11) is 0. The third-order valence-corrected chi connectivity index (χ3v) is 5.42. The summed E-state index contributed by atoms with van der Waals surface area (Å²) in [6.07, 6.45) is 4.65. The highest BCUT2D eigenvalue weighted by Gasteiger charge is 2.32. The van der Waals surface area contributed by atoms with Gasteiger partial charge in [-0.2, -0.15) is 0 Å². The molecule has 114 valence electrons. The highest BCUT2D eigenvalue weighted by molar-refractivity contribution is 5.94. The first-order chi connectivity index (χ1) is 10.2. The molecule has 3 nitrogen and oxygen atoms in total. The first kappa shape index (κ1) is 14.6. The number of fused-ring (bicyclic) bond motifs is 1. The minimum atomic E-state index is 0.0944. The van der Waals surface area contributed by atoms with Crippen LogP contribution in [0.2, 0.25) is 0 Å². The zero-order chi connectivity index (χ0) is 14.8. The van der Waals surface area contributed by atoms with E-state index in [1.807, 2.05) is 6.07 Å². The second-order valence-electron chi connectivity index (χ2n) is 6.60. The summed E-state index contributed by atoms with van der Waals surface area (Å²) in [5, 5.41) is 6.63. The zero-order valence-electron chi connectivity index (χ0n) is 13.1. The molecule has 0 radical (unpaired) electrons. The van der Waals surface area contributed by atoms with Gasteiger partial charge in [0.2, 0.25) is 0 Å². The van der Waals surface area contributed by atoms with Crippen molar-refractivity contribution >= 4 is 5.91 Å². The predicted octanol–water partition coefficient (Wildman–Crippen LogP) is 2.89. The Morgan fingerprint density at radius 1 is 1.33 bits per heavy atom. The van der Waals surface area contributed by atoms with Crippen LogP contribution >= 0.6 is 0 Å². The quantitative estimate of drug-likeness (QED) is 0.897. The molecule has 1 aliphatic heterocycles. The molecular formula is C18H26N2O. The average Bonchev–Trinajstić information content (AvgIpc) is 2.87. The SMILES string of the molecule is CCC1CCC(NC(=O)c2ccc3c(c2)CNCC3)C1C. The molecule has 1 fully saturated rings. The van der Waals surface area contributed by atoms with Gasteiger partial charge >= 0.3 is 0 Å². The number of rotatable bonds is 3. The maximum Gasteiger partial charge on any atom is 0.251 e. The van der Waals surface area contributed by atoms with Gasteiger partial charge in [0.15, 0.2) is 0 Å². The summed E-state index contributed by atoms with van der Waals surface area (Å²) >= 11 is 0. The molecule has 2 N–H and O–H groups in total. The number of nitrogens with one attached hydrogen (secondary N) is 2. The van der Waals surface area contributed by atoms with Gasteiger partial charge < -0.3 is 10.6 Å². The third-order valence-electron chi connectivity index (χ3n) is 5.42. The van der Waals surface area contributed by atoms with Crippen LogP contribution in [-0.2, 0) is 13.0 Å². The molecule has 1 amide bonds. The van der Waals surface area contributed by atoms with E-state index in [1.54, 1.807) is 0 Å². The standard InChI is InChI=1S/C18H26N2O/c1-3-13-6-7-17(12(13)2)20-18(21)15-5-4-14-8-9-19-11-16(14)10-15/h4-5,10,12-13,17,19H,3,6-9,11H2,1-2H3,(H,20,21). The first-order valence-corrected chi connectivity index (χ1v) is 8.32. The normalized spacial score (nSPS) is 28.2. The molecule has 0 saturated heterocycles. The summed E-state index contributed by atoms with van der Waals surface area (Å²) in [4.78, 5) is 12.5. The van der Waals surface area contributed by atoms with Gasteiger partial charge in [-0.3, -0.25) is 4.79 Å². The summed E-state index contributed by atoms with van der Waals surface area (Å²) in [6, 6.07) is 6.51. The van der Waals surface area contributed by atoms with Crippen LogP contribution in [-0.4, -0.2) is 18.5 Å². The maximum atomic E-state index is 12.5. The molecule has 0 spiro atoms. The number of carbonyl (C=O) groups is 1. The molecule has 0 aromatic heterocycles. The molecule has 0 bridgehead atoms. The molecular weight excluding hydrogens is 260 g/mol. The number of benzene rings is 1. The van der Waals surface area contributed by atoms with Gasteiger partial charge in [0.05, 0.1) is 0 Å². The van der Waals surface area contributed by atoms with Crippen LogP contribution in [0.3, 0.4) is 0 Å². The predicted molar refractivity (Wildman–Crippen MR) is 85.3 cm³/mol. The Morgan fingerprint density at radius 2 is 2.19 bits per heavy atom. The third kappa shape index (κ3) is 2.98. The van der Waals surface area contributed by atoms with Gasteiger partial charge in [0.1, 0.15) is 0 Å². The monoisotopic (exact) mass is 286 g/mol. The number of hydrogen-bond donors (Lipinski definition) is 2. The van der Waals surface area contributed by atoms with Crippen molar-refractivity contribution in [2.45, 2.75) is 52.1 Å². The van der Waals surface area contributed by atoms with E-state index in [9.17, 15) is 4.79 Å². The van der Waals surface area contributed by atoms with Crippen LogP contribution in [0.15, 0.2) is 18.2 Å². The van der Waals surface area contributed by atoms with Crippen LogP contribution in [0.5, 0.6) is 0 Å². The van der Waals surface area contributed by atoms with Crippen molar-refractivity contribution in [3.05, 3.63) is 34.9 Å². The Kier molecular flexibility index (Phi) is 4.29. The maximum absolute atomic E-state index is 12.5. The molecule has 21 heavy (non-hydrogen) atoms. The van der Waals surface area contributed by atoms with Crippen molar-refractivity contribution in [1.82, 2.24) is 10.6 Å². The number of amides is 1. The van der Waals surface area contributed by atoms with Crippen molar-refractivity contribution in [3.63, 3.8) is 0 Å². The molecule has 1 aromatic rings. The molecule has 2 aliphatic rings. The van der Waals surface area contributed by atoms with Gasteiger partial charge in [-0.1, -0.05) is 26.3 Å². The first-order valence-electron chi connectivity index (χ1n) is 8.32. The van der Waals surface area contributed by atoms with Gasteiger partial charge in [-0.05, 0) is 60.9 Å². The molecule has 1 heterocycles. The summed E-state index contributed by atoms with van der Waals surface area (Å²) in [5.41, 5.74) is 3.47. The van der Waals surface area contributed by atoms with Crippen LogP contribution < -0.4 is 10.6 Å². The van der Waals surface area contributed by atoms with E-state index < -0.39 is 0 Å². The summed E-state index contributed by atoms with van der Waals surface area (Å²) < 4.78 is 0. The Hall–Kier alpha value is -1.35. The zero-order valence-corrected chi connectivity index (χ0v) is 13.1. The second kappa shape index (κ2) is 6.18. The Morgan fingerprint density at radius 3 is 2.95 bits per heavy atom. The average molecular weight is 286 g/mol. The summed E-state index contributed by atoms with van der Waals surface area (Å²) in [6.45, 7) is 6.45. The molecule has 3 rings (SSSR count). The van der Waals surface area contributed by atoms with E-state index >= 15 is 0 Å². The van der Waals surface area contributed by atoms with E-state index in [2.05, 4.69) is 36.6 Å². The lowest BCUT2D eigenvalue weighted by molar-refractivity contribution is 0.0926. The van der Waals surface area contributed by atoms with Gasteiger partial charge in [0.25, 0.3) is 5.91 Å². The Balaban J connectivity index is 1.68. The topological polar surface area (TPSA) is 41.1 Å². The van der Waals surface area contributed by atoms with Crippen LogP contribution in [0.4, 0.5) is 0 Å². The van der Waals surface area contributed by atoms with Crippen molar-refractivity contribution < 1.29 is 4.79 Å². The molecule has 3 atom stereocenters. The Labute approximate surface area is 127 Å². The minimum Gasteiger partial charge on any atom is -0.349 e. The van der Waals surface area contributed by atoms with Crippen LogP contribution in [0.25, 0.3) is 0 Å². The van der Waals surface area contributed by atoms with Crippen molar-refractivity contribution in [2.24, 2.45) is 11.8 Å². The van der Waals surface area contributed by atoms with Crippen molar-refractivity contribution in [3.8, 4) is 0 Å². The van der Waals surface area contributed by atoms with Gasteiger partial charge in [-0.15, -0.1) is 0 Å². The molecule has 3 heteroatoms. The van der Waals surface area contributed by atoms with Crippen molar-refractivity contribution in [2.75, 3.05) is 6.54 Å². The van der Waals surface area contributed by atoms with E-state index in [0.29, 0.717) is 12.0 Å². The van der Waals surface area contributed by atoms with Crippen LogP contribution in [0, 0.1) is 11.8 Å². The molecule has 1 saturated carbocycles. The van der Waals surface area contributed by atoms with E-state index in [0.717, 1.165) is 37.4 Å². The lowest BCUT2D eigenvalue weighted by Crippen LogP contribution is -2.37. The van der Waals surface area contributed by atoms with E-state index in [1.165, 1.54) is 24.0 Å². The fraction of sp³-hybridized carbons (Fsp3) is 0.611. The Bertz CT molecular complexity index is 526. The number of carbonyl (C=O) groups excluding carboxylic acids is 1. The lowest BCUT2D eigenvalue weighted by Gasteiger charge is -2.22. The van der Waals surface area contributed by atoms with Crippen molar-refractivity contribution in [1.29, 1.82) is 0 Å². The fourth-order valence-corrected chi connectivity index (χ4v) is 3.90. The van der Waals surface area contributed by atoms with E-state index in [4.69, 9.17) is 0 Å². The van der Waals surface area contributed by atoms with E-state index in [-0.39, 0.29) is 5.91 Å². The molecule has 3 unspecified atom stereocenters. The highest BCUT2D eigenvalue weighted by Crippen LogP contribution is 2.34. The molecule has 1 aromatic carbocycles. The largest absolute Gasteiger partial charge is 0.349 e. The van der Waals surface area contributed by atoms with Gasteiger partial charge in [-0.25, -0.2) is 0 Å². The molecule has 1 aliphatic carbocycles. The van der Waals surface area contributed by atoms with Gasteiger partial charge in [0, 0.05) is 18.2 Å². The second-order valence-corrected chi connectivity index (χ2v) is 6.60. The summed E-state index contributed by atoms with van der Waals surface area (Å²) in [5.74, 6) is 1.46. The smallest absolute Gasteiger partial charge is 0.251 e. The van der Waals surface area contributed by atoms with Crippen LogP contribution in [0.1, 0.15) is 54.6 Å². The lowest BCUT2D eigenvalue weighted by atomic mass is 9.93.